The zero-order chi connectivity index (χ0) is 22.5. The van der Waals surface area contributed by atoms with Crippen LogP contribution in [-0.2, 0) is 23.8 Å². The van der Waals surface area contributed by atoms with Gasteiger partial charge in [-0.15, -0.1) is 0 Å². The van der Waals surface area contributed by atoms with Gasteiger partial charge in [0.25, 0.3) is 5.82 Å². The molecule has 3 heterocycles. The van der Waals surface area contributed by atoms with E-state index in [0.717, 1.165) is 24.4 Å². The SMILES string of the molecule is Cc1nc(CC2CC(Cc3nc(C(F)(F)F)no3)C2)nc2c1NC(=O)[C@H](C(C)C)N2C. The number of carbonyl (C=O) groups excluding carboxylic acids is 1. The Labute approximate surface area is 177 Å². The zero-order valence-corrected chi connectivity index (χ0v) is 17.8. The minimum Gasteiger partial charge on any atom is -0.346 e. The average Bonchev–Trinajstić information content (AvgIpc) is 3.10. The van der Waals surface area contributed by atoms with E-state index in [1.807, 2.05) is 32.7 Å². The highest BCUT2D eigenvalue weighted by Gasteiger charge is 2.39. The van der Waals surface area contributed by atoms with Gasteiger partial charge < -0.3 is 14.7 Å². The molecule has 1 N–H and O–H groups in total. The van der Waals surface area contributed by atoms with Crippen molar-refractivity contribution in [1.82, 2.24) is 20.1 Å². The lowest BCUT2D eigenvalue weighted by atomic mass is 9.71. The Bertz CT molecular complexity index is 984. The molecule has 0 saturated heterocycles. The van der Waals surface area contributed by atoms with Gasteiger partial charge in [-0.2, -0.15) is 18.2 Å². The van der Waals surface area contributed by atoms with E-state index >= 15 is 0 Å². The largest absolute Gasteiger partial charge is 0.455 e. The molecule has 0 aromatic carbocycles. The van der Waals surface area contributed by atoms with Gasteiger partial charge in [0.2, 0.25) is 11.8 Å². The van der Waals surface area contributed by atoms with E-state index in [1.54, 1.807) is 0 Å². The van der Waals surface area contributed by atoms with Crippen molar-refractivity contribution in [3.63, 3.8) is 0 Å². The average molecular weight is 438 g/mol. The van der Waals surface area contributed by atoms with Gasteiger partial charge in [-0.3, -0.25) is 4.79 Å². The number of carbonyl (C=O) groups is 1. The van der Waals surface area contributed by atoms with Crippen LogP contribution < -0.4 is 10.2 Å². The van der Waals surface area contributed by atoms with Crippen molar-refractivity contribution < 1.29 is 22.5 Å². The van der Waals surface area contributed by atoms with Crippen molar-refractivity contribution in [1.29, 1.82) is 0 Å². The van der Waals surface area contributed by atoms with Crippen LogP contribution in [0.3, 0.4) is 0 Å². The maximum atomic E-state index is 12.6. The van der Waals surface area contributed by atoms with Gasteiger partial charge in [-0.25, -0.2) is 9.97 Å². The number of nitrogens with one attached hydrogen (secondary N) is 1. The van der Waals surface area contributed by atoms with Crippen molar-refractivity contribution in [2.24, 2.45) is 17.8 Å². The first-order chi connectivity index (χ1) is 14.5. The lowest BCUT2D eigenvalue weighted by Gasteiger charge is -2.37. The third-order valence-corrected chi connectivity index (χ3v) is 6.01. The smallest absolute Gasteiger partial charge is 0.346 e. The van der Waals surface area contributed by atoms with Crippen molar-refractivity contribution in [3.8, 4) is 0 Å². The van der Waals surface area contributed by atoms with Crippen LogP contribution in [0.15, 0.2) is 4.52 Å². The zero-order valence-electron chi connectivity index (χ0n) is 17.8. The second kappa shape index (κ2) is 7.76. The summed E-state index contributed by atoms with van der Waals surface area (Å²) in [5.41, 5.74) is 1.38. The van der Waals surface area contributed by atoms with Gasteiger partial charge in [-0.1, -0.05) is 19.0 Å². The molecule has 8 nitrogen and oxygen atoms in total. The van der Waals surface area contributed by atoms with Crippen LogP contribution in [0.1, 0.15) is 49.9 Å². The Morgan fingerprint density at radius 3 is 2.45 bits per heavy atom. The Morgan fingerprint density at radius 1 is 1.16 bits per heavy atom. The molecule has 2 aromatic rings. The van der Waals surface area contributed by atoms with Crippen molar-refractivity contribution in [2.45, 2.75) is 58.7 Å². The molecule has 4 rings (SSSR count). The molecule has 1 aliphatic carbocycles. The number of amides is 1. The van der Waals surface area contributed by atoms with Crippen molar-refractivity contribution >= 4 is 17.4 Å². The highest BCUT2D eigenvalue weighted by atomic mass is 19.4. The number of aryl methyl sites for hydroxylation is 1. The second-order valence-corrected chi connectivity index (χ2v) is 8.83. The molecule has 0 unspecified atom stereocenters. The molecular weight excluding hydrogens is 413 g/mol. The van der Waals surface area contributed by atoms with E-state index in [1.165, 1.54) is 0 Å². The fourth-order valence-corrected chi connectivity index (χ4v) is 4.53. The number of hydrogen-bond donors (Lipinski definition) is 1. The molecule has 31 heavy (non-hydrogen) atoms. The maximum absolute atomic E-state index is 12.6. The van der Waals surface area contributed by atoms with Gasteiger partial charge in [-0.05, 0) is 37.5 Å². The van der Waals surface area contributed by atoms with Crippen LogP contribution >= 0.6 is 0 Å². The number of alkyl halides is 3. The first-order valence-electron chi connectivity index (χ1n) is 10.3. The first kappa shape index (κ1) is 21.5. The normalized spacial score (nSPS) is 23.5. The molecule has 2 aliphatic rings. The molecule has 1 saturated carbocycles. The topological polar surface area (TPSA) is 97.0 Å². The summed E-state index contributed by atoms with van der Waals surface area (Å²) >= 11 is 0. The maximum Gasteiger partial charge on any atom is 0.455 e. The summed E-state index contributed by atoms with van der Waals surface area (Å²) in [4.78, 5) is 27.1. The molecule has 1 amide bonds. The Morgan fingerprint density at radius 2 is 1.84 bits per heavy atom. The molecular formula is C20H25F3N6O2. The third kappa shape index (κ3) is 4.22. The second-order valence-electron chi connectivity index (χ2n) is 8.83. The summed E-state index contributed by atoms with van der Waals surface area (Å²) in [6.45, 7) is 5.84. The van der Waals surface area contributed by atoms with E-state index in [-0.39, 0.29) is 29.7 Å². The van der Waals surface area contributed by atoms with E-state index in [9.17, 15) is 18.0 Å². The van der Waals surface area contributed by atoms with Crippen LogP contribution in [-0.4, -0.2) is 39.1 Å². The fraction of sp³-hybridized carbons (Fsp3) is 0.650. The van der Waals surface area contributed by atoms with E-state index < -0.39 is 12.0 Å². The van der Waals surface area contributed by atoms with Gasteiger partial charge in [0.1, 0.15) is 17.6 Å². The van der Waals surface area contributed by atoms with Gasteiger partial charge in [0.15, 0.2) is 5.82 Å². The number of aromatic nitrogens is 4. The summed E-state index contributed by atoms with van der Waals surface area (Å²) in [7, 11) is 1.87. The highest BCUT2D eigenvalue weighted by molar-refractivity contribution is 6.03. The molecule has 0 bridgehead atoms. The summed E-state index contributed by atoms with van der Waals surface area (Å²) in [5.74, 6) is 0.854. The van der Waals surface area contributed by atoms with Crippen LogP contribution in [0.25, 0.3) is 0 Å². The molecule has 1 aliphatic heterocycles. The third-order valence-electron chi connectivity index (χ3n) is 6.01. The van der Waals surface area contributed by atoms with Crippen LogP contribution in [0.4, 0.5) is 24.7 Å². The number of likely N-dealkylation sites (N-methyl/N-ethyl adjacent to an activating group) is 1. The summed E-state index contributed by atoms with van der Waals surface area (Å²) < 4.78 is 42.5. The van der Waals surface area contributed by atoms with Crippen LogP contribution in [0.5, 0.6) is 0 Å². The molecule has 0 radical (unpaired) electrons. The molecule has 2 aromatic heterocycles. The van der Waals surface area contributed by atoms with Gasteiger partial charge in [0, 0.05) is 19.9 Å². The quantitative estimate of drug-likeness (QED) is 0.764. The number of fused-ring (bicyclic) bond motifs is 1. The molecule has 11 heteroatoms. The predicted octanol–water partition coefficient (Wildman–Crippen LogP) is 3.41. The predicted molar refractivity (Wildman–Crippen MR) is 105 cm³/mol. The summed E-state index contributed by atoms with van der Waals surface area (Å²) in [5, 5.41) is 5.94. The number of anilines is 2. The van der Waals surface area contributed by atoms with Gasteiger partial charge in [0.05, 0.1) is 5.69 Å². The summed E-state index contributed by atoms with van der Waals surface area (Å²) in [6, 6.07) is -0.293. The standard InChI is InChI=1S/C20H25F3N6O2/c1-9(2)16-18(30)27-15-10(3)24-13(25-17(15)29(16)4)7-11-5-12(6-11)8-14-26-19(28-31-14)20(21,22)23/h9,11-12,16H,5-8H2,1-4H3,(H,27,30)/t11?,12?,16-/m0/s1. The molecule has 0 spiro atoms. The number of hydrogen-bond acceptors (Lipinski definition) is 7. The van der Waals surface area contributed by atoms with Crippen LogP contribution in [0, 0.1) is 24.7 Å². The number of nitrogens with zero attached hydrogens (tertiary/aromatic N) is 5. The first-order valence-corrected chi connectivity index (χ1v) is 10.3. The van der Waals surface area contributed by atoms with Crippen LogP contribution in [0.2, 0.25) is 0 Å². The van der Waals surface area contributed by atoms with Gasteiger partial charge >= 0.3 is 6.18 Å². The van der Waals surface area contributed by atoms with E-state index in [4.69, 9.17) is 9.51 Å². The Kier molecular flexibility index (Phi) is 5.38. The highest BCUT2D eigenvalue weighted by Crippen LogP contribution is 2.39. The lowest BCUT2D eigenvalue weighted by Crippen LogP contribution is -2.49. The molecule has 1 fully saturated rings. The number of halogens is 3. The minimum absolute atomic E-state index is 0.0220. The monoisotopic (exact) mass is 438 g/mol. The minimum atomic E-state index is -4.59. The van der Waals surface area contributed by atoms with Crippen molar-refractivity contribution in [3.05, 3.63) is 23.2 Å². The fourth-order valence-electron chi connectivity index (χ4n) is 4.53. The number of rotatable bonds is 5. The van der Waals surface area contributed by atoms with Crippen molar-refractivity contribution in [2.75, 3.05) is 17.3 Å². The van der Waals surface area contributed by atoms with E-state index in [0.29, 0.717) is 30.3 Å². The molecule has 1 atom stereocenters. The molecule has 168 valence electrons. The Balaban J connectivity index is 1.39. The summed E-state index contributed by atoms with van der Waals surface area (Å²) in [6.07, 6.45) is -1.90. The lowest BCUT2D eigenvalue weighted by molar-refractivity contribution is -0.146. The van der Waals surface area contributed by atoms with E-state index in [2.05, 4.69) is 20.4 Å². The Hall–Kier alpha value is -2.72.